The standard InChI is InChI=1S/C24H30O4S/c1-17-20(26-16-18-11-7-5-8-12-18)15-21(28-23(25)24(2,3)4)22(27-17)29-19-13-9-6-10-14-19/h5-14,17,20-22H,15-16H2,1-4H3/t17-,20+,21-,22?/m1/s1. The van der Waals surface area contributed by atoms with Gasteiger partial charge in [0, 0.05) is 11.3 Å². The summed E-state index contributed by atoms with van der Waals surface area (Å²) in [7, 11) is 0. The molecule has 1 aliphatic rings. The second-order valence-electron chi connectivity index (χ2n) is 8.41. The first-order chi connectivity index (χ1) is 13.8. The number of carbonyl (C=O) groups is 1. The van der Waals surface area contributed by atoms with Gasteiger partial charge in [-0.1, -0.05) is 60.3 Å². The molecule has 2 aromatic carbocycles. The van der Waals surface area contributed by atoms with E-state index >= 15 is 0 Å². The van der Waals surface area contributed by atoms with E-state index in [-0.39, 0.29) is 29.7 Å². The van der Waals surface area contributed by atoms with Crippen molar-refractivity contribution < 1.29 is 19.0 Å². The van der Waals surface area contributed by atoms with E-state index < -0.39 is 5.41 Å². The van der Waals surface area contributed by atoms with Gasteiger partial charge in [-0.3, -0.25) is 4.79 Å². The summed E-state index contributed by atoms with van der Waals surface area (Å²) in [6, 6.07) is 20.1. The molecular formula is C24H30O4S. The van der Waals surface area contributed by atoms with Gasteiger partial charge in [0.15, 0.2) is 0 Å². The summed E-state index contributed by atoms with van der Waals surface area (Å²) in [5.41, 5.74) is 0.282. The molecule has 4 nitrogen and oxygen atoms in total. The van der Waals surface area contributed by atoms with E-state index in [1.807, 2.05) is 88.4 Å². The molecule has 5 heteroatoms. The fourth-order valence-corrected chi connectivity index (χ4v) is 4.19. The third-order valence-electron chi connectivity index (χ3n) is 4.81. The van der Waals surface area contributed by atoms with Gasteiger partial charge in [-0.15, -0.1) is 0 Å². The molecule has 29 heavy (non-hydrogen) atoms. The lowest BCUT2D eigenvalue weighted by Gasteiger charge is -2.40. The lowest BCUT2D eigenvalue weighted by molar-refractivity contribution is -0.188. The van der Waals surface area contributed by atoms with Gasteiger partial charge in [0.05, 0.1) is 24.2 Å². The Hall–Kier alpha value is -1.82. The van der Waals surface area contributed by atoms with Crippen molar-refractivity contribution in [3.05, 3.63) is 66.2 Å². The average Bonchev–Trinajstić information content (AvgIpc) is 2.69. The van der Waals surface area contributed by atoms with E-state index in [2.05, 4.69) is 0 Å². The van der Waals surface area contributed by atoms with Gasteiger partial charge in [0.2, 0.25) is 0 Å². The van der Waals surface area contributed by atoms with Crippen LogP contribution in [0.25, 0.3) is 0 Å². The molecule has 1 saturated heterocycles. The average molecular weight is 415 g/mol. The van der Waals surface area contributed by atoms with E-state index in [0.29, 0.717) is 13.0 Å². The minimum atomic E-state index is -0.564. The molecule has 2 aromatic rings. The molecule has 3 rings (SSSR count). The zero-order valence-corrected chi connectivity index (χ0v) is 18.4. The molecule has 0 amide bonds. The van der Waals surface area contributed by atoms with Crippen molar-refractivity contribution in [1.29, 1.82) is 0 Å². The Kier molecular flexibility index (Phi) is 7.38. The first-order valence-electron chi connectivity index (χ1n) is 10.1. The molecule has 0 saturated carbocycles. The topological polar surface area (TPSA) is 44.8 Å². The summed E-state index contributed by atoms with van der Waals surface area (Å²) in [6.07, 6.45) is 0.00867. The SMILES string of the molecule is C[C@H]1OC(Sc2ccccc2)[C@H](OC(=O)C(C)(C)C)C[C@@H]1OCc1ccccc1. The van der Waals surface area contributed by atoms with Gasteiger partial charge in [-0.05, 0) is 45.4 Å². The highest BCUT2D eigenvalue weighted by molar-refractivity contribution is 7.99. The fourth-order valence-electron chi connectivity index (χ4n) is 3.05. The highest BCUT2D eigenvalue weighted by Gasteiger charge is 2.41. The molecule has 156 valence electrons. The van der Waals surface area contributed by atoms with Crippen LogP contribution in [0.3, 0.4) is 0 Å². The van der Waals surface area contributed by atoms with Crippen molar-refractivity contribution in [2.24, 2.45) is 5.41 Å². The first kappa shape index (κ1) is 21.9. The summed E-state index contributed by atoms with van der Waals surface area (Å²) < 4.78 is 18.3. The smallest absolute Gasteiger partial charge is 0.311 e. The van der Waals surface area contributed by atoms with E-state index in [1.54, 1.807) is 11.8 Å². The summed E-state index contributed by atoms with van der Waals surface area (Å²) >= 11 is 1.59. The summed E-state index contributed by atoms with van der Waals surface area (Å²) in [6.45, 7) is 8.13. The van der Waals surface area contributed by atoms with Crippen LogP contribution >= 0.6 is 11.8 Å². The van der Waals surface area contributed by atoms with Gasteiger partial charge >= 0.3 is 5.97 Å². The number of carbonyl (C=O) groups excluding carboxylic acids is 1. The van der Waals surface area contributed by atoms with Crippen LogP contribution < -0.4 is 0 Å². The molecule has 1 unspecified atom stereocenters. The number of esters is 1. The molecular weight excluding hydrogens is 384 g/mol. The second kappa shape index (κ2) is 9.79. The lowest BCUT2D eigenvalue weighted by Crippen LogP contribution is -2.48. The molecule has 0 aromatic heterocycles. The molecule has 0 aliphatic carbocycles. The Balaban J connectivity index is 1.70. The molecule has 1 heterocycles. The third kappa shape index (κ3) is 6.33. The van der Waals surface area contributed by atoms with Gasteiger partial charge < -0.3 is 14.2 Å². The molecule has 0 bridgehead atoms. The van der Waals surface area contributed by atoms with Gasteiger partial charge in [0.25, 0.3) is 0 Å². The highest BCUT2D eigenvalue weighted by Crippen LogP contribution is 2.36. The van der Waals surface area contributed by atoms with Crippen LogP contribution in [0.5, 0.6) is 0 Å². The summed E-state index contributed by atoms with van der Waals surface area (Å²) in [4.78, 5) is 13.7. The largest absolute Gasteiger partial charge is 0.458 e. The van der Waals surface area contributed by atoms with E-state index in [0.717, 1.165) is 10.5 Å². The highest BCUT2D eigenvalue weighted by atomic mass is 32.2. The summed E-state index contributed by atoms with van der Waals surface area (Å²) in [5, 5.41) is 0. The first-order valence-corrected chi connectivity index (χ1v) is 10.9. The van der Waals surface area contributed by atoms with Crippen molar-refractivity contribution in [3.8, 4) is 0 Å². The number of thioether (sulfide) groups is 1. The van der Waals surface area contributed by atoms with Crippen LogP contribution in [0.15, 0.2) is 65.6 Å². The Morgan fingerprint density at radius 3 is 2.28 bits per heavy atom. The number of rotatable bonds is 6. The van der Waals surface area contributed by atoms with Crippen molar-refractivity contribution in [2.45, 2.75) is 69.4 Å². The van der Waals surface area contributed by atoms with Crippen LogP contribution in [0.2, 0.25) is 0 Å². The van der Waals surface area contributed by atoms with Crippen molar-refractivity contribution >= 4 is 17.7 Å². The molecule has 4 atom stereocenters. The molecule has 0 spiro atoms. The van der Waals surface area contributed by atoms with Gasteiger partial charge in [-0.25, -0.2) is 0 Å². The molecule has 1 fully saturated rings. The lowest BCUT2D eigenvalue weighted by atomic mass is 9.97. The quantitative estimate of drug-likeness (QED) is 0.588. The predicted octanol–water partition coefficient (Wildman–Crippen LogP) is 5.46. The van der Waals surface area contributed by atoms with Crippen LogP contribution in [-0.2, 0) is 25.6 Å². The maximum Gasteiger partial charge on any atom is 0.311 e. The summed E-state index contributed by atoms with van der Waals surface area (Å²) in [5.74, 6) is -0.221. The van der Waals surface area contributed by atoms with Gasteiger partial charge in [0.1, 0.15) is 11.5 Å². The molecule has 0 N–H and O–H groups in total. The normalized spacial score (nSPS) is 24.8. The van der Waals surface area contributed by atoms with Crippen LogP contribution in [0.4, 0.5) is 0 Å². The van der Waals surface area contributed by atoms with Gasteiger partial charge in [-0.2, -0.15) is 0 Å². The Labute approximate surface area is 177 Å². The van der Waals surface area contributed by atoms with E-state index in [4.69, 9.17) is 14.2 Å². The maximum atomic E-state index is 12.6. The van der Waals surface area contributed by atoms with E-state index in [9.17, 15) is 4.79 Å². The fraction of sp³-hybridized carbons (Fsp3) is 0.458. The number of ether oxygens (including phenoxy) is 3. The Morgan fingerprint density at radius 2 is 1.66 bits per heavy atom. The molecule has 1 aliphatic heterocycles. The zero-order chi connectivity index (χ0) is 20.9. The van der Waals surface area contributed by atoms with Crippen molar-refractivity contribution in [2.75, 3.05) is 0 Å². The van der Waals surface area contributed by atoms with Crippen LogP contribution in [0, 0.1) is 5.41 Å². The number of benzene rings is 2. The molecule has 0 radical (unpaired) electrons. The Morgan fingerprint density at radius 1 is 1.03 bits per heavy atom. The number of hydrogen-bond donors (Lipinski definition) is 0. The third-order valence-corrected chi connectivity index (χ3v) is 6.00. The zero-order valence-electron chi connectivity index (χ0n) is 17.5. The maximum absolute atomic E-state index is 12.6. The van der Waals surface area contributed by atoms with Crippen molar-refractivity contribution in [3.63, 3.8) is 0 Å². The van der Waals surface area contributed by atoms with E-state index in [1.165, 1.54) is 0 Å². The van der Waals surface area contributed by atoms with Crippen LogP contribution in [-0.4, -0.2) is 29.7 Å². The monoisotopic (exact) mass is 414 g/mol. The van der Waals surface area contributed by atoms with Crippen LogP contribution in [0.1, 0.15) is 39.7 Å². The Bertz CT molecular complexity index is 772. The minimum Gasteiger partial charge on any atom is -0.458 e. The predicted molar refractivity (Wildman–Crippen MR) is 116 cm³/mol. The minimum absolute atomic E-state index is 0.0930. The second-order valence-corrected chi connectivity index (χ2v) is 9.58. The number of hydrogen-bond acceptors (Lipinski definition) is 5. The van der Waals surface area contributed by atoms with Crippen molar-refractivity contribution in [1.82, 2.24) is 0 Å².